The summed E-state index contributed by atoms with van der Waals surface area (Å²) < 4.78 is 0. The van der Waals surface area contributed by atoms with E-state index in [-0.39, 0.29) is 11.8 Å². The molecular formula is C14H19NO. The maximum atomic E-state index is 11.8. The number of rotatable bonds is 2. The minimum atomic E-state index is 0.170. The fourth-order valence-corrected chi connectivity index (χ4v) is 2.30. The number of hydrogen-bond acceptors (Lipinski definition) is 1. The Morgan fingerprint density at radius 2 is 2.12 bits per heavy atom. The molecule has 1 fully saturated rings. The smallest absolute Gasteiger partial charge is 0.223 e. The van der Waals surface area contributed by atoms with Gasteiger partial charge in [-0.1, -0.05) is 30.7 Å². The molecule has 16 heavy (non-hydrogen) atoms. The van der Waals surface area contributed by atoms with Gasteiger partial charge in [-0.3, -0.25) is 4.79 Å². The molecule has 0 aromatic heterocycles. The number of amides is 1. The van der Waals surface area contributed by atoms with Gasteiger partial charge in [-0.05, 0) is 37.3 Å². The summed E-state index contributed by atoms with van der Waals surface area (Å²) in [6.07, 6.45) is 4.20. The van der Waals surface area contributed by atoms with Gasteiger partial charge in [0.05, 0.1) is 0 Å². The van der Waals surface area contributed by atoms with Crippen LogP contribution in [-0.2, 0) is 11.2 Å². The van der Waals surface area contributed by atoms with E-state index in [2.05, 4.69) is 30.4 Å². The van der Waals surface area contributed by atoms with Crippen molar-refractivity contribution in [3.8, 4) is 0 Å². The second-order valence-corrected chi connectivity index (χ2v) is 4.61. The van der Waals surface area contributed by atoms with Crippen molar-refractivity contribution in [2.24, 2.45) is 5.92 Å². The van der Waals surface area contributed by atoms with Gasteiger partial charge in [0, 0.05) is 12.5 Å². The quantitative estimate of drug-likeness (QED) is 0.810. The molecule has 0 radical (unpaired) electrons. The van der Waals surface area contributed by atoms with Gasteiger partial charge in [0.1, 0.15) is 0 Å². The normalized spacial score (nSPS) is 21.3. The van der Waals surface area contributed by atoms with E-state index >= 15 is 0 Å². The molecule has 2 heteroatoms. The van der Waals surface area contributed by atoms with Gasteiger partial charge in [-0.2, -0.15) is 0 Å². The molecule has 1 amide bonds. The molecular weight excluding hydrogens is 198 g/mol. The Bertz CT molecular complexity index is 373. The Labute approximate surface area is 97.1 Å². The maximum Gasteiger partial charge on any atom is 0.223 e. The van der Waals surface area contributed by atoms with E-state index in [0.717, 1.165) is 32.2 Å². The van der Waals surface area contributed by atoms with Crippen molar-refractivity contribution < 1.29 is 4.79 Å². The van der Waals surface area contributed by atoms with Crippen molar-refractivity contribution in [2.75, 3.05) is 6.54 Å². The van der Waals surface area contributed by atoms with Crippen LogP contribution in [0.3, 0.4) is 0 Å². The molecule has 2 nitrogen and oxygen atoms in total. The molecule has 1 aromatic rings. The molecule has 2 rings (SSSR count). The van der Waals surface area contributed by atoms with Crippen molar-refractivity contribution in [2.45, 2.75) is 32.6 Å². The Hall–Kier alpha value is -1.31. The Balaban J connectivity index is 2.08. The van der Waals surface area contributed by atoms with Crippen molar-refractivity contribution in [3.05, 3.63) is 35.4 Å². The first-order chi connectivity index (χ1) is 7.77. The van der Waals surface area contributed by atoms with Crippen LogP contribution in [0.5, 0.6) is 0 Å². The summed E-state index contributed by atoms with van der Waals surface area (Å²) in [5, 5.41) is 3.00. The second kappa shape index (κ2) is 5.15. The summed E-state index contributed by atoms with van der Waals surface area (Å²) >= 11 is 0. The summed E-state index contributed by atoms with van der Waals surface area (Å²) in [6, 6.07) is 8.35. The molecule has 1 unspecified atom stereocenters. The summed E-state index contributed by atoms with van der Waals surface area (Å²) in [5.74, 6) is 0.407. The predicted octanol–water partition coefficient (Wildman–Crippen LogP) is 2.45. The van der Waals surface area contributed by atoms with E-state index in [1.165, 1.54) is 11.1 Å². The number of benzene rings is 1. The first kappa shape index (κ1) is 11.2. The molecule has 0 saturated carbocycles. The molecule has 1 N–H and O–H groups in total. The highest BCUT2D eigenvalue weighted by atomic mass is 16.1. The van der Waals surface area contributed by atoms with Crippen LogP contribution in [0.25, 0.3) is 0 Å². The van der Waals surface area contributed by atoms with E-state index in [1.54, 1.807) is 0 Å². The monoisotopic (exact) mass is 217 g/mol. The maximum absolute atomic E-state index is 11.8. The van der Waals surface area contributed by atoms with Crippen LogP contribution in [0.2, 0.25) is 0 Å². The van der Waals surface area contributed by atoms with Crippen LogP contribution in [0.15, 0.2) is 24.3 Å². The first-order valence-electron chi connectivity index (χ1n) is 6.09. The molecule has 1 atom stereocenters. The highest BCUT2D eigenvalue weighted by molar-refractivity contribution is 5.79. The molecule has 1 saturated heterocycles. The van der Waals surface area contributed by atoms with E-state index in [4.69, 9.17) is 0 Å². The van der Waals surface area contributed by atoms with E-state index in [1.807, 2.05) is 6.07 Å². The number of carbonyl (C=O) groups excluding carboxylic acids is 1. The van der Waals surface area contributed by atoms with Gasteiger partial charge in [-0.25, -0.2) is 0 Å². The van der Waals surface area contributed by atoms with Crippen LogP contribution < -0.4 is 5.32 Å². The molecule has 1 heterocycles. The molecule has 0 spiro atoms. The van der Waals surface area contributed by atoms with E-state index in [0.29, 0.717) is 0 Å². The lowest BCUT2D eigenvalue weighted by Gasteiger charge is -2.14. The molecule has 0 bridgehead atoms. The van der Waals surface area contributed by atoms with Gasteiger partial charge in [0.25, 0.3) is 0 Å². The third-order valence-corrected chi connectivity index (χ3v) is 3.38. The van der Waals surface area contributed by atoms with Crippen molar-refractivity contribution >= 4 is 5.91 Å². The average molecular weight is 217 g/mol. The molecule has 1 aliphatic heterocycles. The van der Waals surface area contributed by atoms with Crippen LogP contribution in [0, 0.1) is 12.8 Å². The van der Waals surface area contributed by atoms with E-state index in [9.17, 15) is 4.79 Å². The van der Waals surface area contributed by atoms with Gasteiger partial charge in [0.2, 0.25) is 5.91 Å². The van der Waals surface area contributed by atoms with Crippen molar-refractivity contribution in [1.29, 1.82) is 0 Å². The minimum absolute atomic E-state index is 0.170. The lowest BCUT2D eigenvalue weighted by atomic mass is 9.92. The second-order valence-electron chi connectivity index (χ2n) is 4.61. The summed E-state index contributed by atoms with van der Waals surface area (Å²) in [7, 11) is 0. The molecule has 86 valence electrons. The van der Waals surface area contributed by atoms with Gasteiger partial charge in [-0.15, -0.1) is 0 Å². The van der Waals surface area contributed by atoms with Crippen molar-refractivity contribution in [3.63, 3.8) is 0 Å². The minimum Gasteiger partial charge on any atom is -0.356 e. The number of aryl methyl sites for hydroxylation is 1. The highest BCUT2D eigenvalue weighted by Crippen LogP contribution is 2.19. The van der Waals surface area contributed by atoms with Crippen molar-refractivity contribution in [1.82, 2.24) is 5.32 Å². The standard InChI is InChI=1S/C14H19NO/c1-11-6-2-3-7-12(11)10-13-8-4-5-9-15-14(13)16/h2-3,6-7,13H,4-5,8-10H2,1H3,(H,15,16). The number of nitrogens with one attached hydrogen (secondary N) is 1. The number of carbonyl (C=O) groups is 1. The largest absolute Gasteiger partial charge is 0.356 e. The van der Waals surface area contributed by atoms with Gasteiger partial charge < -0.3 is 5.32 Å². The summed E-state index contributed by atoms with van der Waals surface area (Å²) in [6.45, 7) is 2.97. The zero-order valence-corrected chi connectivity index (χ0v) is 9.83. The van der Waals surface area contributed by atoms with Crippen LogP contribution in [0.4, 0.5) is 0 Å². The summed E-state index contributed by atoms with van der Waals surface area (Å²) in [5.41, 5.74) is 2.60. The van der Waals surface area contributed by atoms with E-state index < -0.39 is 0 Å². The lowest BCUT2D eigenvalue weighted by molar-refractivity contribution is -0.124. The fourth-order valence-electron chi connectivity index (χ4n) is 2.30. The van der Waals surface area contributed by atoms with Crippen LogP contribution in [0.1, 0.15) is 30.4 Å². The molecule has 1 aromatic carbocycles. The zero-order valence-electron chi connectivity index (χ0n) is 9.83. The Kier molecular flexibility index (Phi) is 3.60. The number of hydrogen-bond donors (Lipinski definition) is 1. The third-order valence-electron chi connectivity index (χ3n) is 3.38. The van der Waals surface area contributed by atoms with Crippen LogP contribution in [-0.4, -0.2) is 12.5 Å². The summed E-state index contributed by atoms with van der Waals surface area (Å²) in [4.78, 5) is 11.8. The van der Waals surface area contributed by atoms with Gasteiger partial charge in [0.15, 0.2) is 0 Å². The Morgan fingerprint density at radius 3 is 2.94 bits per heavy atom. The van der Waals surface area contributed by atoms with Gasteiger partial charge >= 0.3 is 0 Å². The zero-order chi connectivity index (χ0) is 11.4. The topological polar surface area (TPSA) is 29.1 Å². The molecule has 1 aliphatic rings. The fraction of sp³-hybridized carbons (Fsp3) is 0.500. The Morgan fingerprint density at radius 1 is 1.31 bits per heavy atom. The first-order valence-corrected chi connectivity index (χ1v) is 6.09. The SMILES string of the molecule is Cc1ccccc1CC1CCCCNC1=O. The third kappa shape index (κ3) is 2.63. The average Bonchev–Trinajstić information content (AvgIpc) is 2.48. The van der Waals surface area contributed by atoms with Crippen LogP contribution >= 0.6 is 0 Å². The predicted molar refractivity (Wildman–Crippen MR) is 65.2 cm³/mol. The highest BCUT2D eigenvalue weighted by Gasteiger charge is 2.21. The lowest BCUT2D eigenvalue weighted by Crippen LogP contribution is -2.30. The molecule has 0 aliphatic carbocycles.